The van der Waals surface area contributed by atoms with Crippen molar-refractivity contribution < 1.29 is 0 Å². The van der Waals surface area contributed by atoms with Gasteiger partial charge in [0.15, 0.2) is 0 Å². The summed E-state index contributed by atoms with van der Waals surface area (Å²) in [7, 11) is 0. The number of anilines is 2. The highest BCUT2D eigenvalue weighted by atomic mass is 79.9. The first-order valence-electron chi connectivity index (χ1n) is 8.47. The molecule has 1 aromatic rings. The number of hydrogen-bond acceptors (Lipinski definition) is 6. The number of nitrogen functional groups attached to an aromatic ring is 1. The molecule has 6 nitrogen and oxygen atoms in total. The number of piperazine rings is 1. The number of hydrogen-bond donors (Lipinski definition) is 2. The third kappa shape index (κ3) is 4.01. The molecule has 2 aliphatic rings. The number of aromatic nitrogens is 2. The fourth-order valence-electron chi connectivity index (χ4n) is 3.72. The van der Waals surface area contributed by atoms with Crippen molar-refractivity contribution in [3.8, 4) is 0 Å². The van der Waals surface area contributed by atoms with E-state index in [2.05, 4.69) is 35.7 Å². The molecular weight excluding hydrogens is 356 g/mol. The van der Waals surface area contributed by atoms with E-state index in [1.807, 2.05) is 0 Å². The zero-order valence-electron chi connectivity index (χ0n) is 13.5. The normalized spacial score (nSPS) is 20.7. The Kier molecular flexibility index (Phi) is 5.48. The third-order valence-electron chi connectivity index (χ3n) is 4.99. The van der Waals surface area contributed by atoms with Crippen LogP contribution < -0.4 is 10.6 Å². The van der Waals surface area contributed by atoms with Gasteiger partial charge >= 0.3 is 0 Å². The molecule has 0 aromatic carbocycles. The van der Waals surface area contributed by atoms with Gasteiger partial charge in [-0.3, -0.25) is 10.3 Å². The Balaban J connectivity index is 1.61. The summed E-state index contributed by atoms with van der Waals surface area (Å²) in [6, 6.07) is 0. The highest BCUT2D eigenvalue weighted by molar-refractivity contribution is 9.18. The van der Waals surface area contributed by atoms with Crippen LogP contribution in [0.5, 0.6) is 0 Å². The lowest BCUT2D eigenvalue weighted by atomic mass is 9.89. The molecule has 0 spiro atoms. The molecular formula is C16H25BrN6. The number of nitrogens with zero attached hydrogens (tertiary/aromatic N) is 4. The van der Waals surface area contributed by atoms with Crippen molar-refractivity contribution in [3.05, 3.63) is 11.9 Å². The Morgan fingerprint density at radius 2 is 1.87 bits per heavy atom. The Bertz CT molecular complexity index is 550. The average molecular weight is 381 g/mol. The van der Waals surface area contributed by atoms with E-state index in [9.17, 15) is 0 Å². The standard InChI is InChI=1S/C16H25BrN6/c17-14(18)13-15(19)20-11-21-16(13)23-8-6-22(7-9-23)10-12-4-2-1-3-5-12/h11-12,18H,1-10H2,(H2,19,20,21). The van der Waals surface area contributed by atoms with Crippen molar-refractivity contribution in [3.63, 3.8) is 0 Å². The summed E-state index contributed by atoms with van der Waals surface area (Å²) in [5.41, 5.74) is 6.53. The van der Waals surface area contributed by atoms with Gasteiger partial charge in [0.2, 0.25) is 0 Å². The van der Waals surface area contributed by atoms with Gasteiger partial charge in [-0.1, -0.05) is 19.3 Å². The van der Waals surface area contributed by atoms with Crippen LogP contribution in [0.15, 0.2) is 6.33 Å². The predicted octanol–water partition coefficient (Wildman–Crippen LogP) is 2.48. The van der Waals surface area contributed by atoms with Gasteiger partial charge < -0.3 is 10.6 Å². The molecule has 0 bridgehead atoms. The number of rotatable bonds is 4. The van der Waals surface area contributed by atoms with Crippen molar-refractivity contribution in [1.82, 2.24) is 14.9 Å². The average Bonchev–Trinajstić information content (AvgIpc) is 2.56. The lowest BCUT2D eigenvalue weighted by Crippen LogP contribution is -2.48. The second-order valence-electron chi connectivity index (χ2n) is 6.56. The topological polar surface area (TPSA) is 82.1 Å². The van der Waals surface area contributed by atoms with E-state index in [0.717, 1.165) is 37.9 Å². The zero-order valence-corrected chi connectivity index (χ0v) is 15.1. The molecule has 2 heterocycles. The number of halogens is 1. The van der Waals surface area contributed by atoms with E-state index in [1.165, 1.54) is 45.0 Å². The quantitative estimate of drug-likeness (QED) is 0.783. The Labute approximate surface area is 146 Å². The maximum absolute atomic E-state index is 7.86. The number of nitrogens with one attached hydrogen (secondary N) is 1. The maximum Gasteiger partial charge on any atom is 0.144 e. The van der Waals surface area contributed by atoms with Crippen LogP contribution in [-0.2, 0) is 0 Å². The highest BCUT2D eigenvalue weighted by Gasteiger charge is 2.25. The molecule has 1 aromatic heterocycles. The SMILES string of the molecule is N=C(Br)c1c(N)ncnc1N1CCN(CC2CCCCC2)CC1. The molecule has 1 aliphatic heterocycles. The molecule has 3 rings (SSSR count). The van der Waals surface area contributed by atoms with Crippen LogP contribution >= 0.6 is 15.9 Å². The molecule has 7 heteroatoms. The molecule has 3 N–H and O–H groups in total. The molecule has 126 valence electrons. The van der Waals surface area contributed by atoms with Crippen LogP contribution in [0.25, 0.3) is 0 Å². The summed E-state index contributed by atoms with van der Waals surface area (Å²) in [6.45, 7) is 5.19. The molecule has 23 heavy (non-hydrogen) atoms. The van der Waals surface area contributed by atoms with Gasteiger partial charge in [-0.15, -0.1) is 0 Å². The second kappa shape index (κ2) is 7.57. The fourth-order valence-corrected chi connectivity index (χ4v) is 4.10. The van der Waals surface area contributed by atoms with Crippen molar-refractivity contribution >= 4 is 32.2 Å². The number of nitrogens with two attached hydrogens (primary N) is 1. The minimum atomic E-state index is 0.246. The van der Waals surface area contributed by atoms with Gasteiger partial charge in [-0.25, -0.2) is 9.97 Å². The predicted molar refractivity (Wildman–Crippen MR) is 97.4 cm³/mol. The van der Waals surface area contributed by atoms with Crippen LogP contribution in [-0.4, -0.2) is 52.2 Å². The van der Waals surface area contributed by atoms with Gasteiger partial charge in [0, 0.05) is 32.7 Å². The largest absolute Gasteiger partial charge is 0.383 e. The van der Waals surface area contributed by atoms with Crippen LogP contribution in [0.3, 0.4) is 0 Å². The van der Waals surface area contributed by atoms with E-state index >= 15 is 0 Å². The molecule has 0 atom stereocenters. The van der Waals surface area contributed by atoms with Crippen LogP contribution in [0, 0.1) is 11.3 Å². The van der Waals surface area contributed by atoms with E-state index in [0.29, 0.717) is 11.4 Å². The molecule has 1 aliphatic carbocycles. The van der Waals surface area contributed by atoms with E-state index in [1.54, 1.807) is 0 Å². The third-order valence-corrected chi connectivity index (χ3v) is 5.39. The molecule has 1 saturated carbocycles. The molecule has 2 fully saturated rings. The Morgan fingerprint density at radius 3 is 2.52 bits per heavy atom. The first kappa shape index (κ1) is 16.6. The van der Waals surface area contributed by atoms with Crippen molar-refractivity contribution in [2.45, 2.75) is 32.1 Å². The fraction of sp³-hybridized carbons (Fsp3) is 0.688. The molecule has 0 unspecified atom stereocenters. The minimum absolute atomic E-state index is 0.246. The Morgan fingerprint density at radius 1 is 1.17 bits per heavy atom. The molecule has 1 saturated heterocycles. The van der Waals surface area contributed by atoms with Gasteiger partial charge in [0.05, 0.1) is 5.56 Å². The zero-order chi connectivity index (χ0) is 16.2. The summed E-state index contributed by atoms with van der Waals surface area (Å²) in [6.07, 6.45) is 8.50. The van der Waals surface area contributed by atoms with Crippen LogP contribution in [0.2, 0.25) is 0 Å². The highest BCUT2D eigenvalue weighted by Crippen LogP contribution is 2.27. The maximum atomic E-state index is 7.86. The van der Waals surface area contributed by atoms with Crippen molar-refractivity contribution in [2.24, 2.45) is 5.92 Å². The lowest BCUT2D eigenvalue weighted by Gasteiger charge is -2.38. The van der Waals surface area contributed by atoms with Crippen LogP contribution in [0.1, 0.15) is 37.7 Å². The van der Waals surface area contributed by atoms with Gasteiger partial charge in [-0.2, -0.15) is 0 Å². The summed E-state index contributed by atoms with van der Waals surface area (Å²) in [4.78, 5) is 13.2. The first-order valence-corrected chi connectivity index (χ1v) is 9.26. The Hall–Kier alpha value is -1.21. The van der Waals surface area contributed by atoms with Crippen LogP contribution in [0.4, 0.5) is 11.6 Å². The summed E-state index contributed by atoms with van der Waals surface area (Å²) >= 11 is 3.21. The van der Waals surface area contributed by atoms with E-state index in [-0.39, 0.29) is 4.62 Å². The van der Waals surface area contributed by atoms with E-state index in [4.69, 9.17) is 11.1 Å². The summed E-state index contributed by atoms with van der Waals surface area (Å²) in [5.74, 6) is 2.02. The van der Waals surface area contributed by atoms with Crippen molar-refractivity contribution in [2.75, 3.05) is 43.4 Å². The minimum Gasteiger partial charge on any atom is -0.383 e. The van der Waals surface area contributed by atoms with Gasteiger partial charge in [0.1, 0.15) is 22.6 Å². The van der Waals surface area contributed by atoms with Crippen molar-refractivity contribution in [1.29, 1.82) is 5.41 Å². The smallest absolute Gasteiger partial charge is 0.144 e. The first-order chi connectivity index (χ1) is 11.1. The van der Waals surface area contributed by atoms with Gasteiger partial charge in [-0.05, 0) is 34.7 Å². The van der Waals surface area contributed by atoms with Gasteiger partial charge in [0.25, 0.3) is 0 Å². The molecule has 0 amide bonds. The second-order valence-corrected chi connectivity index (χ2v) is 7.36. The monoisotopic (exact) mass is 380 g/mol. The molecule has 0 radical (unpaired) electrons. The lowest BCUT2D eigenvalue weighted by molar-refractivity contribution is 0.191. The summed E-state index contributed by atoms with van der Waals surface area (Å²) in [5, 5.41) is 7.86. The summed E-state index contributed by atoms with van der Waals surface area (Å²) < 4.78 is 0.246. The van der Waals surface area contributed by atoms with E-state index < -0.39 is 0 Å².